The van der Waals surface area contributed by atoms with Gasteiger partial charge in [-0.05, 0) is 43.2 Å². The lowest BCUT2D eigenvalue weighted by molar-refractivity contribution is -0.113. The first-order chi connectivity index (χ1) is 20.5. The van der Waals surface area contributed by atoms with E-state index in [1.54, 1.807) is 24.9 Å². The van der Waals surface area contributed by atoms with Crippen molar-refractivity contribution in [2.75, 3.05) is 70.7 Å². The number of thioether (sulfide) groups is 2. The number of morpholine rings is 1. The van der Waals surface area contributed by atoms with Crippen LogP contribution in [0.5, 0.6) is 5.75 Å². The SMILES string of the molecule is COc1ccc2ncc(SC(CN3CCOCC3)CN3CCC(NC(=O)c4ccc5c(c4)NC(=O)CS5)CC3)nc2c1. The average Bonchev–Trinajstić information content (AvgIpc) is 3.01. The van der Waals surface area contributed by atoms with Crippen molar-refractivity contribution in [1.82, 2.24) is 25.1 Å². The minimum atomic E-state index is -0.0895. The van der Waals surface area contributed by atoms with Crippen LogP contribution in [0.1, 0.15) is 23.2 Å². The van der Waals surface area contributed by atoms with E-state index in [0.717, 1.165) is 97.7 Å². The Kier molecular flexibility index (Phi) is 9.45. The zero-order valence-electron chi connectivity index (χ0n) is 23.7. The molecule has 3 aliphatic rings. The molecule has 2 saturated heterocycles. The molecule has 12 heteroatoms. The first-order valence-corrected chi connectivity index (χ1v) is 16.3. The lowest BCUT2D eigenvalue weighted by Crippen LogP contribution is -2.48. The minimum Gasteiger partial charge on any atom is -0.497 e. The van der Waals surface area contributed by atoms with Crippen molar-refractivity contribution in [3.63, 3.8) is 0 Å². The quantitative estimate of drug-likeness (QED) is 0.351. The van der Waals surface area contributed by atoms with E-state index in [9.17, 15) is 9.59 Å². The number of likely N-dealkylation sites (tertiary alicyclic amines) is 1. The number of fused-ring (bicyclic) bond motifs is 2. The molecular formula is C30H36N6O4S2. The number of methoxy groups -OCH3 is 1. The van der Waals surface area contributed by atoms with Crippen LogP contribution in [0.15, 0.2) is 52.5 Å². The van der Waals surface area contributed by atoms with Gasteiger partial charge in [0.1, 0.15) is 10.8 Å². The van der Waals surface area contributed by atoms with Gasteiger partial charge in [-0.15, -0.1) is 11.8 Å². The monoisotopic (exact) mass is 608 g/mol. The fraction of sp³-hybridized carbons (Fsp3) is 0.467. The number of carbonyl (C=O) groups excluding carboxylic acids is 2. The van der Waals surface area contributed by atoms with Crippen LogP contribution < -0.4 is 15.4 Å². The summed E-state index contributed by atoms with van der Waals surface area (Å²) in [6, 6.07) is 11.4. The molecule has 42 heavy (non-hydrogen) atoms. The second-order valence-corrected chi connectivity index (χ2v) is 13.1. The summed E-state index contributed by atoms with van der Waals surface area (Å²) in [7, 11) is 1.66. The van der Waals surface area contributed by atoms with Crippen LogP contribution in [-0.4, -0.2) is 108 Å². The molecule has 2 N–H and O–H groups in total. The maximum atomic E-state index is 13.0. The molecule has 2 aromatic carbocycles. The zero-order chi connectivity index (χ0) is 28.9. The number of anilines is 1. The second-order valence-electron chi connectivity index (χ2n) is 10.8. The molecule has 1 unspecified atom stereocenters. The Balaban J connectivity index is 1.06. The van der Waals surface area contributed by atoms with Gasteiger partial charge in [-0.1, -0.05) is 11.8 Å². The van der Waals surface area contributed by atoms with Gasteiger partial charge in [0, 0.05) is 67.1 Å². The third-order valence-electron chi connectivity index (χ3n) is 7.84. The largest absolute Gasteiger partial charge is 0.497 e. The Morgan fingerprint density at radius 3 is 2.69 bits per heavy atom. The number of benzene rings is 2. The molecule has 0 saturated carbocycles. The standard InChI is InChI=1S/C30H36N6O4S2/c1-39-22-3-4-24-25(15-22)34-29(16-31-24)42-23(18-36-10-12-40-13-11-36)17-35-8-6-21(7-9-35)32-30(38)20-2-5-27-26(14-20)33-28(37)19-41-27/h2-5,14-16,21,23H,6-13,17-19H2,1H3,(H,32,38)(H,33,37). The Hall–Kier alpha value is -2.90. The third kappa shape index (κ3) is 7.35. The number of rotatable bonds is 9. The van der Waals surface area contributed by atoms with Gasteiger partial charge in [0.25, 0.3) is 5.91 Å². The molecule has 0 spiro atoms. The lowest BCUT2D eigenvalue weighted by atomic mass is 10.0. The van der Waals surface area contributed by atoms with Gasteiger partial charge in [0.15, 0.2) is 0 Å². The number of hydrogen-bond donors (Lipinski definition) is 2. The van der Waals surface area contributed by atoms with Gasteiger partial charge in [0.05, 0.1) is 49.0 Å². The molecule has 3 aromatic rings. The smallest absolute Gasteiger partial charge is 0.251 e. The highest BCUT2D eigenvalue weighted by atomic mass is 32.2. The van der Waals surface area contributed by atoms with Crippen LogP contribution in [0.3, 0.4) is 0 Å². The van der Waals surface area contributed by atoms with Crippen molar-refractivity contribution in [3.05, 3.63) is 48.2 Å². The fourth-order valence-electron chi connectivity index (χ4n) is 5.57. The van der Waals surface area contributed by atoms with E-state index in [-0.39, 0.29) is 17.9 Å². The van der Waals surface area contributed by atoms with Crippen LogP contribution in [0.25, 0.3) is 11.0 Å². The number of carbonyl (C=O) groups is 2. The average molecular weight is 609 g/mol. The predicted octanol–water partition coefficient (Wildman–Crippen LogP) is 3.37. The summed E-state index contributed by atoms with van der Waals surface area (Å²) in [5, 5.41) is 7.32. The summed E-state index contributed by atoms with van der Waals surface area (Å²) in [6.07, 6.45) is 3.67. The third-order valence-corrected chi connectivity index (χ3v) is 9.98. The molecule has 222 valence electrons. The summed E-state index contributed by atoms with van der Waals surface area (Å²) in [4.78, 5) is 40.3. The van der Waals surface area contributed by atoms with Crippen LogP contribution >= 0.6 is 23.5 Å². The first-order valence-electron chi connectivity index (χ1n) is 14.4. The van der Waals surface area contributed by atoms with Crippen molar-refractivity contribution in [2.24, 2.45) is 0 Å². The molecule has 6 rings (SSSR count). The summed E-state index contributed by atoms with van der Waals surface area (Å²) >= 11 is 3.28. The Labute approximate surface area is 254 Å². The van der Waals surface area contributed by atoms with Gasteiger partial charge in [-0.2, -0.15) is 0 Å². The van der Waals surface area contributed by atoms with Crippen LogP contribution in [0, 0.1) is 0 Å². The van der Waals surface area contributed by atoms with E-state index in [1.165, 1.54) is 11.8 Å². The van der Waals surface area contributed by atoms with Gasteiger partial charge < -0.3 is 25.0 Å². The lowest BCUT2D eigenvalue weighted by Gasteiger charge is -2.36. The highest BCUT2D eigenvalue weighted by Crippen LogP contribution is 2.32. The summed E-state index contributed by atoms with van der Waals surface area (Å²) in [6.45, 7) is 7.15. The zero-order valence-corrected chi connectivity index (χ0v) is 25.3. The number of ether oxygens (including phenoxy) is 2. The number of hydrogen-bond acceptors (Lipinski definition) is 10. The highest BCUT2D eigenvalue weighted by Gasteiger charge is 2.26. The maximum absolute atomic E-state index is 13.0. The molecule has 4 heterocycles. The summed E-state index contributed by atoms with van der Waals surface area (Å²) < 4.78 is 11.0. The topological polar surface area (TPSA) is 109 Å². The second kappa shape index (κ2) is 13.6. The van der Waals surface area contributed by atoms with E-state index in [2.05, 4.69) is 25.4 Å². The summed E-state index contributed by atoms with van der Waals surface area (Å²) in [5.74, 6) is 1.06. The molecular weight excluding hydrogens is 573 g/mol. The number of aromatic nitrogens is 2. The molecule has 2 fully saturated rings. The highest BCUT2D eigenvalue weighted by molar-refractivity contribution is 8.00. The summed E-state index contributed by atoms with van der Waals surface area (Å²) in [5.41, 5.74) is 2.99. The molecule has 10 nitrogen and oxygen atoms in total. The van der Waals surface area contributed by atoms with E-state index in [0.29, 0.717) is 16.6 Å². The van der Waals surface area contributed by atoms with Gasteiger partial charge in [0.2, 0.25) is 5.91 Å². The fourth-order valence-corrected chi connectivity index (χ4v) is 7.54. The van der Waals surface area contributed by atoms with Crippen molar-refractivity contribution in [1.29, 1.82) is 0 Å². The Morgan fingerprint density at radius 2 is 1.90 bits per heavy atom. The van der Waals surface area contributed by atoms with Gasteiger partial charge in [-0.3, -0.25) is 19.5 Å². The first kappa shape index (κ1) is 29.2. The molecule has 3 aliphatic heterocycles. The molecule has 1 atom stereocenters. The van der Waals surface area contributed by atoms with Crippen molar-refractivity contribution >= 4 is 52.1 Å². The molecule has 0 bridgehead atoms. The predicted molar refractivity (Wildman–Crippen MR) is 166 cm³/mol. The van der Waals surface area contributed by atoms with Crippen molar-refractivity contribution < 1.29 is 19.1 Å². The number of amides is 2. The Morgan fingerprint density at radius 1 is 1.12 bits per heavy atom. The van der Waals surface area contributed by atoms with Crippen LogP contribution in [0.2, 0.25) is 0 Å². The van der Waals surface area contributed by atoms with E-state index >= 15 is 0 Å². The van der Waals surface area contributed by atoms with E-state index < -0.39 is 0 Å². The number of piperidine rings is 1. The molecule has 0 radical (unpaired) electrons. The normalized spacial score (nSPS) is 19.2. The van der Waals surface area contributed by atoms with Gasteiger partial charge in [-0.25, -0.2) is 4.98 Å². The molecule has 2 amide bonds. The number of nitrogens with zero attached hydrogens (tertiary/aromatic N) is 4. The van der Waals surface area contributed by atoms with Crippen LogP contribution in [-0.2, 0) is 9.53 Å². The van der Waals surface area contributed by atoms with E-state index in [1.807, 2.05) is 36.5 Å². The molecule has 1 aromatic heterocycles. The van der Waals surface area contributed by atoms with Gasteiger partial charge >= 0.3 is 0 Å². The Bertz CT molecular complexity index is 1430. The van der Waals surface area contributed by atoms with Crippen molar-refractivity contribution in [3.8, 4) is 5.75 Å². The minimum absolute atomic E-state index is 0.0320. The van der Waals surface area contributed by atoms with E-state index in [4.69, 9.17) is 14.5 Å². The maximum Gasteiger partial charge on any atom is 0.251 e. The number of nitrogens with one attached hydrogen (secondary N) is 2. The van der Waals surface area contributed by atoms with Crippen LogP contribution in [0.4, 0.5) is 5.69 Å². The van der Waals surface area contributed by atoms with Crippen molar-refractivity contribution in [2.45, 2.75) is 34.1 Å². The molecule has 0 aliphatic carbocycles.